The van der Waals surface area contributed by atoms with E-state index >= 15 is 0 Å². The predicted molar refractivity (Wildman–Crippen MR) is 135 cm³/mol. The number of nitrogens with two attached hydrogens (primary N) is 2. The summed E-state index contributed by atoms with van der Waals surface area (Å²) in [6.45, 7) is 3.64. The molecule has 202 valence electrons. The van der Waals surface area contributed by atoms with Gasteiger partial charge in [-0.25, -0.2) is 9.78 Å². The van der Waals surface area contributed by atoms with Crippen LogP contribution >= 0.6 is 11.8 Å². The average molecular weight is 528 g/mol. The Bertz CT molecular complexity index is 880. The lowest BCUT2D eigenvalue weighted by molar-refractivity contribution is -0.142. The summed E-state index contributed by atoms with van der Waals surface area (Å²) in [5.41, 5.74) is 11.6. The highest BCUT2D eigenvalue weighted by molar-refractivity contribution is 7.98. The molecule has 0 aromatic carbocycles. The van der Waals surface area contributed by atoms with E-state index in [-0.39, 0.29) is 31.6 Å². The second kappa shape index (κ2) is 15.8. The van der Waals surface area contributed by atoms with Gasteiger partial charge in [-0.05, 0) is 37.2 Å². The maximum Gasteiger partial charge on any atom is 0.326 e. The van der Waals surface area contributed by atoms with Crippen molar-refractivity contribution in [3.8, 4) is 0 Å². The van der Waals surface area contributed by atoms with E-state index in [0.29, 0.717) is 17.9 Å². The van der Waals surface area contributed by atoms with Crippen molar-refractivity contribution < 1.29 is 29.1 Å². The van der Waals surface area contributed by atoms with Crippen LogP contribution in [0.2, 0.25) is 0 Å². The van der Waals surface area contributed by atoms with Crippen molar-refractivity contribution in [3.05, 3.63) is 18.2 Å². The normalized spacial score (nSPS) is 14.4. The number of H-pyrrole nitrogens is 1. The average Bonchev–Trinajstić information content (AvgIpc) is 3.31. The Hall–Kier alpha value is -3.13. The molecule has 0 saturated carbocycles. The number of imidazole rings is 1. The van der Waals surface area contributed by atoms with Gasteiger partial charge in [-0.3, -0.25) is 19.2 Å². The van der Waals surface area contributed by atoms with E-state index in [1.54, 1.807) is 0 Å². The van der Waals surface area contributed by atoms with Crippen LogP contribution in [0.4, 0.5) is 0 Å². The van der Waals surface area contributed by atoms with Crippen molar-refractivity contribution in [2.24, 2.45) is 17.4 Å². The molecule has 0 aliphatic carbocycles. The van der Waals surface area contributed by atoms with Gasteiger partial charge in [0, 0.05) is 24.7 Å². The number of thioether (sulfide) groups is 1. The summed E-state index contributed by atoms with van der Waals surface area (Å²) in [7, 11) is 0. The Kier molecular flexibility index (Phi) is 13.5. The summed E-state index contributed by atoms with van der Waals surface area (Å²) >= 11 is 1.52. The number of carboxylic acid groups (broad SMARTS) is 1. The number of aromatic nitrogens is 2. The quantitative estimate of drug-likeness (QED) is 0.130. The van der Waals surface area contributed by atoms with Crippen LogP contribution in [-0.2, 0) is 30.4 Å². The van der Waals surface area contributed by atoms with Crippen LogP contribution in [0, 0.1) is 5.92 Å². The van der Waals surface area contributed by atoms with E-state index in [0.717, 1.165) is 0 Å². The number of rotatable bonds is 17. The van der Waals surface area contributed by atoms with E-state index < -0.39 is 53.8 Å². The Morgan fingerprint density at radius 2 is 1.64 bits per heavy atom. The third kappa shape index (κ3) is 11.5. The number of primary amides is 1. The van der Waals surface area contributed by atoms with Crippen LogP contribution in [0.3, 0.4) is 0 Å². The highest BCUT2D eigenvalue weighted by Gasteiger charge is 2.31. The molecule has 4 atom stereocenters. The molecule has 1 aromatic rings. The molecule has 4 unspecified atom stereocenters. The van der Waals surface area contributed by atoms with E-state index in [1.807, 2.05) is 20.1 Å². The third-order valence-electron chi connectivity index (χ3n) is 5.22. The van der Waals surface area contributed by atoms with E-state index in [4.69, 9.17) is 11.5 Å². The van der Waals surface area contributed by atoms with Crippen molar-refractivity contribution >= 4 is 41.4 Å². The summed E-state index contributed by atoms with van der Waals surface area (Å²) in [4.78, 5) is 68.3. The van der Waals surface area contributed by atoms with Crippen LogP contribution in [0.5, 0.6) is 0 Å². The summed E-state index contributed by atoms with van der Waals surface area (Å²) in [6.07, 6.45) is 5.00. The largest absolute Gasteiger partial charge is 0.480 e. The minimum absolute atomic E-state index is 0.00393. The van der Waals surface area contributed by atoms with Crippen molar-refractivity contribution in [1.82, 2.24) is 25.9 Å². The fourth-order valence-corrected chi connectivity index (χ4v) is 3.76. The molecule has 13 nitrogen and oxygen atoms in total. The molecule has 9 N–H and O–H groups in total. The number of hydrogen-bond acceptors (Lipinski definition) is 8. The second-order valence-electron chi connectivity index (χ2n) is 8.83. The van der Waals surface area contributed by atoms with Crippen molar-refractivity contribution in [3.63, 3.8) is 0 Å². The summed E-state index contributed by atoms with van der Waals surface area (Å²) in [6, 6.07) is -4.39. The third-order valence-corrected chi connectivity index (χ3v) is 5.86. The molecule has 0 aliphatic rings. The molecule has 0 bridgehead atoms. The zero-order chi connectivity index (χ0) is 27.3. The zero-order valence-corrected chi connectivity index (χ0v) is 21.6. The first-order valence-electron chi connectivity index (χ1n) is 11.6. The Labute approximate surface area is 214 Å². The number of nitrogens with one attached hydrogen (secondary N) is 4. The SMILES string of the molecule is CSCCC(N)C(=O)NC(CCC(N)=O)C(=O)NC(Cc1cnc[nH]1)C(=O)NC(CC(C)C)C(=O)O. The van der Waals surface area contributed by atoms with Gasteiger partial charge < -0.3 is 37.5 Å². The molecule has 1 heterocycles. The van der Waals surface area contributed by atoms with Crippen LogP contribution in [0.25, 0.3) is 0 Å². The fraction of sp³-hybridized carbons (Fsp3) is 0.636. The topological polar surface area (TPSA) is 222 Å². The van der Waals surface area contributed by atoms with Crippen LogP contribution in [0.15, 0.2) is 12.5 Å². The van der Waals surface area contributed by atoms with Gasteiger partial charge in [-0.15, -0.1) is 0 Å². The monoisotopic (exact) mass is 527 g/mol. The molecule has 4 amide bonds. The van der Waals surface area contributed by atoms with Crippen molar-refractivity contribution in [2.75, 3.05) is 12.0 Å². The molecule has 14 heteroatoms. The van der Waals surface area contributed by atoms with Crippen LogP contribution in [-0.4, -0.2) is 80.8 Å². The molecule has 36 heavy (non-hydrogen) atoms. The lowest BCUT2D eigenvalue weighted by Gasteiger charge is -2.25. The number of carbonyl (C=O) groups excluding carboxylic acids is 4. The highest BCUT2D eigenvalue weighted by Crippen LogP contribution is 2.08. The first-order valence-corrected chi connectivity index (χ1v) is 13.0. The molecule has 1 rings (SSSR count). The first kappa shape index (κ1) is 30.9. The summed E-state index contributed by atoms with van der Waals surface area (Å²) < 4.78 is 0. The lowest BCUT2D eigenvalue weighted by Crippen LogP contribution is -2.57. The maximum atomic E-state index is 13.1. The van der Waals surface area contributed by atoms with Gasteiger partial charge >= 0.3 is 5.97 Å². The minimum atomic E-state index is -1.20. The second-order valence-corrected chi connectivity index (χ2v) is 9.81. The number of aromatic amines is 1. The first-order chi connectivity index (χ1) is 16.9. The number of amides is 4. The van der Waals surface area contributed by atoms with Gasteiger partial charge in [-0.2, -0.15) is 11.8 Å². The Morgan fingerprint density at radius 1 is 1.03 bits per heavy atom. The number of hydrogen-bond donors (Lipinski definition) is 7. The molecule has 0 spiro atoms. The van der Waals surface area contributed by atoms with Crippen molar-refractivity contribution in [2.45, 2.75) is 70.1 Å². The van der Waals surface area contributed by atoms with Gasteiger partial charge in [-0.1, -0.05) is 13.8 Å². The van der Waals surface area contributed by atoms with Gasteiger partial charge in [0.2, 0.25) is 23.6 Å². The van der Waals surface area contributed by atoms with Crippen LogP contribution in [0.1, 0.15) is 45.2 Å². The van der Waals surface area contributed by atoms with Crippen molar-refractivity contribution in [1.29, 1.82) is 0 Å². The molecule has 0 saturated heterocycles. The van der Waals surface area contributed by atoms with E-state index in [1.165, 1.54) is 24.3 Å². The number of aliphatic carboxylic acids is 1. The zero-order valence-electron chi connectivity index (χ0n) is 20.8. The molecule has 1 aromatic heterocycles. The van der Waals surface area contributed by atoms with Gasteiger partial charge in [0.1, 0.15) is 18.1 Å². The summed E-state index contributed by atoms with van der Waals surface area (Å²) in [5, 5.41) is 17.0. The van der Waals surface area contributed by atoms with E-state index in [2.05, 4.69) is 25.9 Å². The van der Waals surface area contributed by atoms with Crippen LogP contribution < -0.4 is 27.4 Å². The highest BCUT2D eigenvalue weighted by atomic mass is 32.2. The minimum Gasteiger partial charge on any atom is -0.480 e. The Balaban J connectivity index is 3.06. The molecule has 0 aliphatic heterocycles. The molecule has 0 radical (unpaired) electrons. The smallest absolute Gasteiger partial charge is 0.326 e. The van der Waals surface area contributed by atoms with Gasteiger partial charge in [0.25, 0.3) is 0 Å². The van der Waals surface area contributed by atoms with Gasteiger partial charge in [0.15, 0.2) is 0 Å². The summed E-state index contributed by atoms with van der Waals surface area (Å²) in [5.74, 6) is -3.27. The molecular formula is C22H37N7O6S. The predicted octanol–water partition coefficient (Wildman–Crippen LogP) is -1.12. The molecule has 0 fully saturated rings. The van der Waals surface area contributed by atoms with Gasteiger partial charge in [0.05, 0.1) is 12.4 Å². The standard InChI is InChI=1S/C22H37N7O6S/c1-12(2)8-17(22(34)35)29-21(33)16(9-13-10-25-11-26-13)28-20(32)15(4-5-18(24)30)27-19(31)14(23)6-7-36-3/h10-12,14-17H,4-9,23H2,1-3H3,(H2,24,30)(H,25,26)(H,27,31)(H,28,32)(H,29,33)(H,34,35). The number of carboxylic acids is 1. The fourth-order valence-electron chi connectivity index (χ4n) is 3.27. The maximum absolute atomic E-state index is 13.1. The van der Waals surface area contributed by atoms with E-state index in [9.17, 15) is 29.1 Å². The Morgan fingerprint density at radius 3 is 2.17 bits per heavy atom. The molecular weight excluding hydrogens is 490 g/mol. The lowest BCUT2D eigenvalue weighted by atomic mass is 10.0. The number of carbonyl (C=O) groups is 5. The number of nitrogens with zero attached hydrogens (tertiary/aromatic N) is 1.